The number of rotatable bonds is 33. The van der Waals surface area contributed by atoms with E-state index in [4.69, 9.17) is 146 Å². The van der Waals surface area contributed by atoms with Gasteiger partial charge in [-0.3, -0.25) is 24.0 Å². The van der Waals surface area contributed by atoms with Crippen molar-refractivity contribution in [3.63, 3.8) is 0 Å². The fourth-order valence-electron chi connectivity index (χ4n) is 11.9. The van der Waals surface area contributed by atoms with E-state index in [2.05, 4.69) is 32.9 Å². The molecule has 0 bridgehead atoms. The third-order valence-corrected chi connectivity index (χ3v) is 17.0. The van der Waals surface area contributed by atoms with Gasteiger partial charge in [0.25, 0.3) is 0 Å². The molecule has 0 radical (unpaired) electrons. The van der Waals surface area contributed by atoms with Crippen LogP contribution in [0.3, 0.4) is 0 Å². The molecule has 10 heterocycles. The van der Waals surface area contributed by atoms with Crippen LogP contribution in [0.15, 0.2) is 147 Å². The lowest BCUT2D eigenvalue weighted by Crippen LogP contribution is -2.35. The number of aliphatic hydroxyl groups excluding tert-OH is 5. The molecule has 120 heavy (non-hydrogen) atoms. The zero-order valence-electron chi connectivity index (χ0n) is 63.2. The third-order valence-electron chi connectivity index (χ3n) is 17.0. The summed E-state index contributed by atoms with van der Waals surface area (Å²) in [6.07, 6.45) is -0.894. The molecule has 0 aromatic carbocycles. The van der Waals surface area contributed by atoms with Gasteiger partial charge in [-0.25, -0.2) is 47.9 Å². The Labute approximate surface area is 678 Å². The summed E-state index contributed by atoms with van der Waals surface area (Å²) in [5, 5.41) is 86.9. The van der Waals surface area contributed by atoms with E-state index in [0.29, 0.717) is 18.2 Å². The lowest BCUT2D eigenvalue weighted by atomic mass is 10.1. The summed E-state index contributed by atoms with van der Waals surface area (Å²) in [6.45, 7) is 16.8. The van der Waals surface area contributed by atoms with Gasteiger partial charge in [0.05, 0.1) is 104 Å². The second-order valence-corrected chi connectivity index (χ2v) is 26.1. The van der Waals surface area contributed by atoms with Gasteiger partial charge in [-0.15, -0.1) is 0 Å². The number of ether oxygens (including phenoxy) is 20. The van der Waals surface area contributed by atoms with Crippen LogP contribution in [0.4, 0.5) is 0 Å². The molecule has 45 heteroatoms. The standard InChI is InChI=1S/3C15H18O9.2C15H16O9/c5*1-8(16)2-4-12(19)23-9-6-21-15-10(7-22-14(9)15)24-13(20)5-3-11(17)18/h3,5,9-10,14-16H,1-2,4,6-7H2,(H,17,18);2*2,4,9-10,14-16H,1,3,5-7H2,(H,17,18);2*2-5,9-10,14-16H,1,6-7H2,(H,17,18)/b;4-2-;;4-2-,5-3-;/t4*9-,10+,14+,15+;9-,10-,14+,15+/m00000/s1. The maximum Gasteiger partial charge on any atom is 0.331 e. The summed E-state index contributed by atoms with van der Waals surface area (Å²) in [6, 6.07) is 0. The molecule has 10 aliphatic rings. The largest absolute Gasteiger partial charge is 0.513 e. The number of carboxylic acid groups (broad SMARTS) is 5. The quantitative estimate of drug-likeness (QED) is 0.0136. The smallest absolute Gasteiger partial charge is 0.331 e. The lowest BCUT2D eigenvalue weighted by Gasteiger charge is -2.17. The number of hydrogen-bond donors (Lipinski definition) is 10. The summed E-state index contributed by atoms with van der Waals surface area (Å²) >= 11 is 0. The van der Waals surface area contributed by atoms with E-state index in [9.17, 15) is 71.9 Å². The molecule has 10 aliphatic heterocycles. The highest BCUT2D eigenvalue weighted by Gasteiger charge is 2.56. The molecule has 0 unspecified atom stereocenters. The minimum Gasteiger partial charge on any atom is -0.513 e. The maximum atomic E-state index is 11.7. The minimum atomic E-state index is -1.27. The van der Waals surface area contributed by atoms with Gasteiger partial charge in [0, 0.05) is 67.2 Å². The molecule has 0 aromatic rings. The minimum absolute atomic E-state index is 0.0123. The molecule has 0 spiro atoms. The van der Waals surface area contributed by atoms with Crippen molar-refractivity contribution < 1.29 is 218 Å². The second kappa shape index (κ2) is 47.8. The number of esters is 10. The summed E-state index contributed by atoms with van der Waals surface area (Å²) in [4.78, 5) is 168. The van der Waals surface area contributed by atoms with Gasteiger partial charge in [-0.1, -0.05) is 32.9 Å². The molecule has 45 nitrogen and oxygen atoms in total. The van der Waals surface area contributed by atoms with E-state index < -0.39 is 212 Å². The van der Waals surface area contributed by atoms with Crippen molar-refractivity contribution in [1.82, 2.24) is 0 Å². The Morgan fingerprint density at radius 1 is 0.217 bits per heavy atom. The van der Waals surface area contributed by atoms with Crippen molar-refractivity contribution >= 4 is 89.5 Å². The molecule has 0 aromatic heterocycles. The Bertz CT molecular complexity index is 3570. The van der Waals surface area contributed by atoms with Crippen LogP contribution >= 0.6 is 0 Å². The molecule has 0 amide bonds. The molecular formula is C75H86O45. The molecular weight excluding hydrogens is 1620 g/mol. The number of hydrogen-bond acceptors (Lipinski definition) is 40. The van der Waals surface area contributed by atoms with Crippen molar-refractivity contribution in [2.45, 2.75) is 161 Å². The molecule has 656 valence electrons. The zero-order chi connectivity index (χ0) is 88.4. The highest BCUT2D eigenvalue weighted by atomic mass is 16.7. The van der Waals surface area contributed by atoms with Crippen LogP contribution in [-0.2, 0) is 167 Å². The van der Waals surface area contributed by atoms with Gasteiger partial charge >= 0.3 is 89.5 Å². The number of carboxylic acids is 5. The number of allylic oxidation sites excluding steroid dienone is 5. The first-order valence-electron chi connectivity index (χ1n) is 35.8. The van der Waals surface area contributed by atoms with Crippen LogP contribution in [0.1, 0.15) is 38.5 Å². The van der Waals surface area contributed by atoms with Crippen molar-refractivity contribution in [3.8, 4) is 0 Å². The van der Waals surface area contributed by atoms with E-state index in [1.807, 2.05) is 0 Å². The average molecular weight is 1710 g/mol. The van der Waals surface area contributed by atoms with Gasteiger partial charge in [0.1, 0.15) is 84.1 Å². The summed E-state index contributed by atoms with van der Waals surface area (Å²) in [5.41, 5.74) is 0. The van der Waals surface area contributed by atoms with E-state index in [0.717, 1.165) is 66.8 Å². The van der Waals surface area contributed by atoms with Crippen LogP contribution in [-0.4, -0.2) is 329 Å². The Kier molecular flexibility index (Phi) is 38.4. The number of fused-ring (bicyclic) bond motifs is 5. The first kappa shape index (κ1) is 96.4. The number of aliphatic carboxylic acids is 5. The van der Waals surface area contributed by atoms with Crippen molar-refractivity contribution in [2.24, 2.45) is 0 Å². The highest BCUT2D eigenvalue weighted by Crippen LogP contribution is 2.36. The number of carbonyl (C=O) groups is 15. The molecule has 0 saturated carbocycles. The first-order chi connectivity index (χ1) is 56.8. The highest BCUT2D eigenvalue weighted by molar-refractivity contribution is 5.92. The molecule has 10 saturated heterocycles. The predicted molar refractivity (Wildman–Crippen MR) is 385 cm³/mol. The fraction of sp³-hybridized carbons (Fsp3) is 0.480. The zero-order valence-corrected chi connectivity index (χ0v) is 63.2. The van der Waals surface area contributed by atoms with E-state index in [-0.39, 0.29) is 133 Å². The monoisotopic (exact) mass is 1710 g/mol. The van der Waals surface area contributed by atoms with Crippen LogP contribution in [0, 0.1) is 0 Å². The van der Waals surface area contributed by atoms with E-state index >= 15 is 0 Å². The Morgan fingerprint density at radius 3 is 0.508 bits per heavy atom. The van der Waals surface area contributed by atoms with Crippen LogP contribution in [0.5, 0.6) is 0 Å². The van der Waals surface area contributed by atoms with Gasteiger partial charge < -0.3 is 146 Å². The first-order valence-corrected chi connectivity index (χ1v) is 35.8. The molecule has 10 N–H and O–H groups in total. The Hall–Kier alpha value is -12.5. The Balaban J connectivity index is 0.000000233. The van der Waals surface area contributed by atoms with Gasteiger partial charge in [0.2, 0.25) is 0 Å². The van der Waals surface area contributed by atoms with Gasteiger partial charge in [-0.2, -0.15) is 0 Å². The normalized spacial score (nSPS) is 28.6. The summed E-state index contributed by atoms with van der Waals surface area (Å²) in [7, 11) is 0. The predicted octanol–water partition coefficient (Wildman–Crippen LogP) is 0.0535. The molecule has 20 atom stereocenters. The van der Waals surface area contributed by atoms with Gasteiger partial charge in [-0.05, 0) is 24.3 Å². The van der Waals surface area contributed by atoms with Crippen molar-refractivity contribution in [1.29, 1.82) is 0 Å². The van der Waals surface area contributed by atoms with Gasteiger partial charge in [0.15, 0.2) is 61.0 Å². The second-order valence-electron chi connectivity index (χ2n) is 26.1. The molecule has 10 fully saturated rings. The maximum absolute atomic E-state index is 11.7. The lowest BCUT2D eigenvalue weighted by molar-refractivity contribution is -0.156. The fourth-order valence-corrected chi connectivity index (χ4v) is 11.9. The summed E-state index contributed by atoms with van der Waals surface area (Å²) < 4.78 is 106. The number of carbonyl (C=O) groups excluding carboxylic acids is 10. The summed E-state index contributed by atoms with van der Waals surface area (Å²) in [5.74, 6) is -14.3. The SMILES string of the molecule is C=C(O)/C=C\C(=O)O[C@H]1CO[C@H]2[C@@H]1OC[C@H]2OC(=O)/C=C\C(=O)O.C=C(O)/C=C\C(=O)O[C@H]1CO[C@H]2[C@@H]1OC[C@H]2OC(=O)CCC(=O)O.C=C(O)C=CC(=O)O[C@H]1CO[C@H]2[C@@H]1OC[C@@H]2OC(=O)C=CC(=O)O.C=C(O)C=CC(=O)O[C@H]1CO[C@H]2[C@@H]1OC[C@H]2OC(=O)CCC(=O)O.C=C(O)CCC(=O)O[C@H]1CO[C@H]2[C@@H]1OC[C@H]2OC(=O)C=CC(=O)O. The Morgan fingerprint density at radius 2 is 0.367 bits per heavy atom. The van der Waals surface area contributed by atoms with Crippen LogP contribution < -0.4 is 0 Å². The number of aliphatic hydroxyl groups is 5. The molecule has 0 aliphatic carbocycles. The van der Waals surface area contributed by atoms with E-state index in [1.54, 1.807) is 0 Å². The van der Waals surface area contributed by atoms with Crippen molar-refractivity contribution in [3.05, 3.63) is 147 Å². The van der Waals surface area contributed by atoms with Crippen molar-refractivity contribution in [2.75, 3.05) is 66.1 Å². The van der Waals surface area contributed by atoms with Crippen LogP contribution in [0.2, 0.25) is 0 Å². The molecule has 10 rings (SSSR count). The average Bonchev–Trinajstić information content (AvgIpc) is 1.68. The topological polar surface area (TPSA) is 643 Å². The van der Waals surface area contributed by atoms with E-state index in [1.165, 1.54) is 0 Å². The third kappa shape index (κ3) is 32.8. The van der Waals surface area contributed by atoms with Crippen LogP contribution in [0.25, 0.3) is 0 Å².